The molecule has 5 heteroatoms. The van der Waals surface area contributed by atoms with Crippen LogP contribution in [0.5, 0.6) is 0 Å². The molecule has 0 saturated carbocycles. The molecule has 20 heavy (non-hydrogen) atoms. The third-order valence-corrected chi connectivity index (χ3v) is 3.70. The molecule has 0 unspecified atom stereocenters. The average molecular weight is 270 g/mol. The van der Waals surface area contributed by atoms with Gasteiger partial charge in [0.25, 0.3) is 0 Å². The lowest BCUT2D eigenvalue weighted by Crippen LogP contribution is -2.47. The largest absolute Gasteiger partial charge is 0.353 e. The highest BCUT2D eigenvalue weighted by Gasteiger charge is 2.23. The molecule has 1 aromatic heterocycles. The molecule has 104 valence electrons. The van der Waals surface area contributed by atoms with Gasteiger partial charge in [0.2, 0.25) is 5.91 Å². The van der Waals surface area contributed by atoms with Gasteiger partial charge in [-0.2, -0.15) is 5.10 Å². The Morgan fingerprint density at radius 3 is 3.20 bits per heavy atom. The second-order valence-electron chi connectivity index (χ2n) is 5.09. The summed E-state index contributed by atoms with van der Waals surface area (Å²) < 4.78 is 0. The first-order valence-electron chi connectivity index (χ1n) is 6.89. The van der Waals surface area contributed by atoms with Crippen LogP contribution in [-0.4, -0.2) is 35.2 Å². The minimum Gasteiger partial charge on any atom is -0.353 e. The first-order chi connectivity index (χ1) is 9.78. The smallest absolute Gasteiger partial charge is 0.243 e. The van der Waals surface area contributed by atoms with E-state index in [1.165, 1.54) is 6.08 Å². The molecular weight excluding hydrogens is 252 g/mol. The van der Waals surface area contributed by atoms with Crippen molar-refractivity contribution in [3.8, 4) is 0 Å². The molecule has 1 fully saturated rings. The van der Waals surface area contributed by atoms with Gasteiger partial charge in [0.15, 0.2) is 5.82 Å². The average Bonchev–Trinajstić information content (AvgIpc) is 2.91. The molecule has 1 atom stereocenters. The predicted molar refractivity (Wildman–Crippen MR) is 79.7 cm³/mol. The molecule has 5 nitrogen and oxygen atoms in total. The zero-order valence-corrected chi connectivity index (χ0v) is 11.3. The molecule has 2 heterocycles. The van der Waals surface area contributed by atoms with Crippen molar-refractivity contribution in [2.24, 2.45) is 0 Å². The number of hydrogen-bond acceptors (Lipinski definition) is 3. The second kappa shape index (κ2) is 5.36. The number of anilines is 1. The van der Waals surface area contributed by atoms with E-state index in [1.54, 1.807) is 0 Å². The van der Waals surface area contributed by atoms with Crippen molar-refractivity contribution in [2.45, 2.75) is 18.9 Å². The fourth-order valence-electron chi connectivity index (χ4n) is 2.74. The molecule has 0 bridgehead atoms. The van der Waals surface area contributed by atoms with Crippen molar-refractivity contribution >= 4 is 22.6 Å². The Bertz CT molecular complexity index is 634. The molecular formula is C15H18N4O. The van der Waals surface area contributed by atoms with Crippen molar-refractivity contribution in [3.63, 3.8) is 0 Å². The van der Waals surface area contributed by atoms with Crippen LogP contribution in [0.2, 0.25) is 0 Å². The van der Waals surface area contributed by atoms with E-state index in [9.17, 15) is 4.79 Å². The quantitative estimate of drug-likeness (QED) is 0.837. The van der Waals surface area contributed by atoms with Crippen LogP contribution in [0, 0.1) is 0 Å². The highest BCUT2D eigenvalue weighted by molar-refractivity contribution is 5.90. The minimum atomic E-state index is -0.108. The Hall–Kier alpha value is -2.30. The normalized spacial score (nSPS) is 19.0. The second-order valence-corrected chi connectivity index (χ2v) is 5.09. The lowest BCUT2D eigenvalue weighted by molar-refractivity contribution is -0.117. The van der Waals surface area contributed by atoms with Crippen LogP contribution >= 0.6 is 0 Å². The van der Waals surface area contributed by atoms with E-state index in [0.29, 0.717) is 0 Å². The van der Waals surface area contributed by atoms with Crippen LogP contribution in [0.3, 0.4) is 0 Å². The topological polar surface area (TPSA) is 61.0 Å². The standard InChI is InChI=1S/C15H18N4O/c1-2-14(20)16-11-6-5-9-19(10-11)15-12-7-3-4-8-13(12)17-18-15/h2-4,7-8,11H,1,5-6,9-10H2,(H,16,20)(H,17,18)/t11-/m0/s1. The van der Waals surface area contributed by atoms with Gasteiger partial charge in [0.1, 0.15) is 0 Å². The number of nitrogens with one attached hydrogen (secondary N) is 2. The van der Waals surface area contributed by atoms with Gasteiger partial charge in [-0.3, -0.25) is 9.89 Å². The van der Waals surface area contributed by atoms with Crippen molar-refractivity contribution in [2.75, 3.05) is 18.0 Å². The third kappa shape index (κ3) is 2.39. The molecule has 1 aliphatic heterocycles. The van der Waals surface area contributed by atoms with Gasteiger partial charge in [-0.15, -0.1) is 0 Å². The van der Waals surface area contributed by atoms with Gasteiger partial charge in [-0.1, -0.05) is 18.7 Å². The first-order valence-corrected chi connectivity index (χ1v) is 6.89. The van der Waals surface area contributed by atoms with Gasteiger partial charge in [0, 0.05) is 24.5 Å². The van der Waals surface area contributed by atoms with Crippen LogP contribution < -0.4 is 10.2 Å². The predicted octanol–water partition coefficient (Wildman–Crippen LogP) is 1.83. The molecule has 1 aliphatic rings. The fraction of sp³-hybridized carbons (Fsp3) is 0.333. The summed E-state index contributed by atoms with van der Waals surface area (Å²) in [4.78, 5) is 13.6. The molecule has 2 N–H and O–H groups in total. The van der Waals surface area contributed by atoms with Crippen molar-refractivity contribution < 1.29 is 4.79 Å². The summed E-state index contributed by atoms with van der Waals surface area (Å²) in [5.41, 5.74) is 1.04. The lowest BCUT2D eigenvalue weighted by Gasteiger charge is -2.33. The van der Waals surface area contributed by atoms with Gasteiger partial charge in [-0.25, -0.2) is 0 Å². The molecule has 0 spiro atoms. The minimum absolute atomic E-state index is 0.108. The van der Waals surface area contributed by atoms with Crippen molar-refractivity contribution in [3.05, 3.63) is 36.9 Å². The molecule has 0 aliphatic carbocycles. The highest BCUT2D eigenvalue weighted by Crippen LogP contribution is 2.26. The van der Waals surface area contributed by atoms with E-state index < -0.39 is 0 Å². The number of H-pyrrole nitrogens is 1. The first kappa shape index (κ1) is 12.7. The van der Waals surface area contributed by atoms with Gasteiger partial charge >= 0.3 is 0 Å². The molecule has 0 radical (unpaired) electrons. The number of nitrogens with zero attached hydrogens (tertiary/aromatic N) is 2. The summed E-state index contributed by atoms with van der Waals surface area (Å²) in [7, 11) is 0. The van der Waals surface area contributed by atoms with E-state index in [2.05, 4.69) is 33.1 Å². The maximum atomic E-state index is 11.4. The number of piperidine rings is 1. The number of aromatic amines is 1. The Labute approximate surface area is 117 Å². The van der Waals surface area contributed by atoms with E-state index >= 15 is 0 Å². The maximum absolute atomic E-state index is 11.4. The highest BCUT2D eigenvalue weighted by atomic mass is 16.1. The number of para-hydroxylation sites is 1. The summed E-state index contributed by atoms with van der Waals surface area (Å²) in [5, 5.41) is 11.6. The van der Waals surface area contributed by atoms with E-state index in [4.69, 9.17) is 0 Å². The molecule has 1 amide bonds. The molecule has 1 saturated heterocycles. The number of carbonyl (C=O) groups excluding carboxylic acids is 1. The van der Waals surface area contributed by atoms with Crippen LogP contribution in [0.15, 0.2) is 36.9 Å². The van der Waals surface area contributed by atoms with Crippen LogP contribution in [0.1, 0.15) is 12.8 Å². The maximum Gasteiger partial charge on any atom is 0.243 e. The van der Waals surface area contributed by atoms with Crippen molar-refractivity contribution in [1.82, 2.24) is 15.5 Å². The fourth-order valence-corrected chi connectivity index (χ4v) is 2.74. The Morgan fingerprint density at radius 1 is 1.50 bits per heavy atom. The number of benzene rings is 1. The summed E-state index contributed by atoms with van der Waals surface area (Å²) in [6, 6.07) is 8.26. The number of hydrogen-bond donors (Lipinski definition) is 2. The Balaban J connectivity index is 1.79. The van der Waals surface area contributed by atoms with Crippen LogP contribution in [0.25, 0.3) is 10.9 Å². The van der Waals surface area contributed by atoms with Gasteiger partial charge in [-0.05, 0) is 31.1 Å². The SMILES string of the molecule is C=CC(=O)N[C@H]1CCCN(c2n[nH]c3ccccc23)C1. The number of amides is 1. The zero-order valence-electron chi connectivity index (χ0n) is 11.3. The van der Waals surface area contributed by atoms with E-state index in [0.717, 1.165) is 42.7 Å². The lowest BCUT2D eigenvalue weighted by atomic mass is 10.1. The Kier molecular flexibility index (Phi) is 3.41. The van der Waals surface area contributed by atoms with E-state index in [1.807, 2.05) is 18.2 Å². The summed E-state index contributed by atoms with van der Waals surface area (Å²) >= 11 is 0. The summed E-state index contributed by atoms with van der Waals surface area (Å²) in [5.74, 6) is 0.863. The number of aromatic nitrogens is 2. The van der Waals surface area contributed by atoms with Crippen LogP contribution in [0.4, 0.5) is 5.82 Å². The number of rotatable bonds is 3. The number of fused-ring (bicyclic) bond motifs is 1. The Morgan fingerprint density at radius 2 is 2.35 bits per heavy atom. The van der Waals surface area contributed by atoms with Gasteiger partial charge < -0.3 is 10.2 Å². The van der Waals surface area contributed by atoms with Crippen molar-refractivity contribution in [1.29, 1.82) is 0 Å². The molecule has 2 aromatic rings. The molecule has 1 aromatic carbocycles. The number of carbonyl (C=O) groups is 1. The molecule has 3 rings (SSSR count). The van der Waals surface area contributed by atoms with Crippen LogP contribution in [-0.2, 0) is 4.79 Å². The monoisotopic (exact) mass is 270 g/mol. The summed E-state index contributed by atoms with van der Waals surface area (Å²) in [6.07, 6.45) is 3.37. The zero-order chi connectivity index (χ0) is 13.9. The third-order valence-electron chi connectivity index (χ3n) is 3.70. The van der Waals surface area contributed by atoms with E-state index in [-0.39, 0.29) is 11.9 Å². The summed E-state index contributed by atoms with van der Waals surface area (Å²) in [6.45, 7) is 5.25. The van der Waals surface area contributed by atoms with Gasteiger partial charge in [0.05, 0.1) is 5.52 Å².